The minimum atomic E-state index is -3.73. The fourth-order valence-corrected chi connectivity index (χ4v) is 3.20. The predicted octanol–water partition coefficient (Wildman–Crippen LogP) is 2.57. The molecule has 1 heterocycles. The van der Waals surface area contributed by atoms with Crippen LogP contribution in [-0.4, -0.2) is 24.4 Å². The maximum absolute atomic E-state index is 12.4. The van der Waals surface area contributed by atoms with Gasteiger partial charge in [-0.15, -0.1) is 0 Å². The summed E-state index contributed by atoms with van der Waals surface area (Å²) in [5.74, 6) is -0.112. The Morgan fingerprint density at radius 1 is 1.14 bits per heavy atom. The van der Waals surface area contributed by atoms with Crippen molar-refractivity contribution in [1.82, 2.24) is 10.2 Å². The van der Waals surface area contributed by atoms with Crippen molar-refractivity contribution in [3.63, 3.8) is 0 Å². The van der Waals surface area contributed by atoms with E-state index in [1.807, 2.05) is 6.07 Å². The molecule has 0 bridgehead atoms. The number of carbonyl (C=O) groups excluding carboxylic acids is 1. The number of aromatic amines is 1. The van der Waals surface area contributed by atoms with E-state index in [1.54, 1.807) is 18.3 Å². The highest BCUT2D eigenvalue weighted by Gasteiger charge is 2.16. The third-order valence-electron chi connectivity index (χ3n) is 3.29. The lowest BCUT2D eigenvalue weighted by Gasteiger charge is -2.09. The number of benzene rings is 2. The van der Waals surface area contributed by atoms with Crippen molar-refractivity contribution >= 4 is 32.4 Å². The fraction of sp³-hybridized carbons (Fsp3) is 0.0667. The fourth-order valence-electron chi connectivity index (χ4n) is 2.13. The first-order valence-corrected chi connectivity index (χ1v) is 8.01. The number of nitrogens with zero attached hydrogens (tertiary/aromatic N) is 1. The zero-order valence-electron chi connectivity index (χ0n) is 11.7. The molecule has 0 aliphatic heterocycles. The number of nitrogens with one attached hydrogen (secondary N) is 2. The highest BCUT2D eigenvalue weighted by Crippen LogP contribution is 2.23. The second kappa shape index (κ2) is 5.27. The van der Waals surface area contributed by atoms with Gasteiger partial charge >= 0.3 is 0 Å². The van der Waals surface area contributed by atoms with Gasteiger partial charge in [-0.25, -0.2) is 8.42 Å². The van der Waals surface area contributed by atoms with Crippen molar-refractivity contribution < 1.29 is 13.2 Å². The van der Waals surface area contributed by atoms with Crippen LogP contribution in [0.1, 0.15) is 17.3 Å². The molecule has 7 heteroatoms. The predicted molar refractivity (Wildman–Crippen MR) is 83.3 cm³/mol. The summed E-state index contributed by atoms with van der Waals surface area (Å²) in [4.78, 5) is 11.3. The number of ketones is 1. The van der Waals surface area contributed by atoms with Crippen LogP contribution in [0.2, 0.25) is 0 Å². The number of rotatable bonds is 4. The van der Waals surface area contributed by atoms with Crippen molar-refractivity contribution in [1.29, 1.82) is 0 Å². The number of para-hydroxylation sites is 1. The van der Waals surface area contributed by atoms with Gasteiger partial charge in [-0.05, 0) is 25.1 Å². The number of fused-ring (bicyclic) bond motifs is 1. The van der Waals surface area contributed by atoms with Crippen molar-refractivity contribution in [3.05, 3.63) is 54.2 Å². The van der Waals surface area contributed by atoms with E-state index >= 15 is 0 Å². The van der Waals surface area contributed by atoms with Crippen LogP contribution in [0.15, 0.2) is 53.6 Å². The van der Waals surface area contributed by atoms with E-state index < -0.39 is 10.0 Å². The summed E-state index contributed by atoms with van der Waals surface area (Å²) < 4.78 is 27.4. The van der Waals surface area contributed by atoms with Gasteiger partial charge < -0.3 is 0 Å². The molecule has 0 saturated heterocycles. The van der Waals surface area contributed by atoms with Crippen LogP contribution in [0.25, 0.3) is 10.9 Å². The minimum absolute atomic E-state index is 0.0917. The van der Waals surface area contributed by atoms with E-state index in [1.165, 1.54) is 31.2 Å². The molecule has 1 aromatic heterocycles. The van der Waals surface area contributed by atoms with E-state index in [0.29, 0.717) is 16.8 Å². The van der Waals surface area contributed by atoms with E-state index in [-0.39, 0.29) is 10.7 Å². The molecule has 0 fully saturated rings. The van der Waals surface area contributed by atoms with Gasteiger partial charge in [0.1, 0.15) is 0 Å². The molecule has 2 N–H and O–H groups in total. The lowest BCUT2D eigenvalue weighted by atomic mass is 10.2. The molecule has 0 amide bonds. The minimum Gasteiger partial charge on any atom is -0.295 e. The van der Waals surface area contributed by atoms with Gasteiger partial charge in [0.25, 0.3) is 10.0 Å². The Labute approximate surface area is 127 Å². The number of hydrogen-bond acceptors (Lipinski definition) is 4. The number of carbonyl (C=O) groups is 1. The van der Waals surface area contributed by atoms with Crippen LogP contribution in [0.5, 0.6) is 0 Å². The molecule has 6 nitrogen and oxygen atoms in total. The molecular formula is C15H13N3O3S. The van der Waals surface area contributed by atoms with Gasteiger partial charge in [-0.2, -0.15) is 5.10 Å². The second-order valence-corrected chi connectivity index (χ2v) is 6.51. The molecule has 0 saturated carbocycles. The molecular weight excluding hydrogens is 302 g/mol. The van der Waals surface area contributed by atoms with Gasteiger partial charge in [-0.3, -0.25) is 14.6 Å². The Morgan fingerprint density at radius 3 is 2.55 bits per heavy atom. The van der Waals surface area contributed by atoms with Gasteiger partial charge in [-0.1, -0.05) is 24.3 Å². The van der Waals surface area contributed by atoms with E-state index in [0.717, 1.165) is 5.39 Å². The smallest absolute Gasteiger partial charge is 0.261 e. The monoisotopic (exact) mass is 315 g/mol. The Hall–Kier alpha value is -2.67. The second-order valence-electron chi connectivity index (χ2n) is 4.83. The highest BCUT2D eigenvalue weighted by atomic mass is 32.2. The van der Waals surface area contributed by atoms with Gasteiger partial charge in [0, 0.05) is 10.9 Å². The molecule has 2 aromatic carbocycles. The molecule has 0 aliphatic rings. The van der Waals surface area contributed by atoms with Crippen LogP contribution in [0, 0.1) is 0 Å². The number of hydrogen-bond donors (Lipinski definition) is 2. The van der Waals surface area contributed by atoms with Gasteiger partial charge in [0.2, 0.25) is 0 Å². The Balaban J connectivity index is 1.96. The third kappa shape index (κ3) is 2.58. The number of aromatic nitrogens is 2. The topological polar surface area (TPSA) is 91.9 Å². The van der Waals surface area contributed by atoms with Crippen LogP contribution < -0.4 is 4.72 Å². The average Bonchev–Trinajstić information content (AvgIpc) is 2.96. The zero-order valence-corrected chi connectivity index (χ0v) is 12.5. The lowest BCUT2D eigenvalue weighted by molar-refractivity contribution is 0.101. The van der Waals surface area contributed by atoms with Gasteiger partial charge in [0.05, 0.1) is 22.3 Å². The standard InChI is InChI=1S/C15H13N3O3S/c1-10(19)11-5-7-13(8-6-11)22(20,21)18-14-4-2-3-12-9-16-17-15(12)14/h2-9,18H,1H3,(H,16,17). The molecule has 3 rings (SSSR count). The van der Waals surface area contributed by atoms with Crippen molar-refractivity contribution in [2.24, 2.45) is 0 Å². The largest absolute Gasteiger partial charge is 0.295 e. The quantitative estimate of drug-likeness (QED) is 0.724. The summed E-state index contributed by atoms with van der Waals surface area (Å²) in [6, 6.07) is 11.0. The van der Waals surface area contributed by atoms with Crippen LogP contribution in [0.3, 0.4) is 0 Å². The summed E-state index contributed by atoms with van der Waals surface area (Å²) >= 11 is 0. The van der Waals surface area contributed by atoms with Crippen molar-refractivity contribution in [2.45, 2.75) is 11.8 Å². The van der Waals surface area contributed by atoms with Crippen LogP contribution >= 0.6 is 0 Å². The SMILES string of the molecule is CC(=O)c1ccc(S(=O)(=O)Nc2cccc3cn[nH]c23)cc1. The maximum Gasteiger partial charge on any atom is 0.261 e. The Morgan fingerprint density at radius 2 is 1.86 bits per heavy atom. The molecule has 0 aliphatic carbocycles. The highest BCUT2D eigenvalue weighted by molar-refractivity contribution is 7.92. The first-order valence-electron chi connectivity index (χ1n) is 6.53. The first-order chi connectivity index (χ1) is 10.5. The normalized spacial score (nSPS) is 11.5. The molecule has 0 unspecified atom stereocenters. The summed E-state index contributed by atoms with van der Waals surface area (Å²) in [6.45, 7) is 1.43. The molecule has 22 heavy (non-hydrogen) atoms. The number of H-pyrrole nitrogens is 1. The summed E-state index contributed by atoms with van der Waals surface area (Å²) in [5.41, 5.74) is 1.51. The molecule has 0 atom stereocenters. The Kier molecular flexibility index (Phi) is 3.42. The maximum atomic E-state index is 12.4. The summed E-state index contributed by atoms with van der Waals surface area (Å²) in [6.07, 6.45) is 1.62. The first kappa shape index (κ1) is 14.3. The molecule has 112 valence electrons. The molecule has 0 spiro atoms. The summed E-state index contributed by atoms with van der Waals surface area (Å²) in [5, 5.41) is 7.48. The van der Waals surface area contributed by atoms with Crippen molar-refractivity contribution in [2.75, 3.05) is 4.72 Å². The zero-order chi connectivity index (χ0) is 15.7. The molecule has 3 aromatic rings. The number of Topliss-reactive ketones (excluding diaryl/α,β-unsaturated/α-hetero) is 1. The van der Waals surface area contributed by atoms with E-state index in [2.05, 4.69) is 14.9 Å². The molecule has 0 radical (unpaired) electrons. The summed E-state index contributed by atoms with van der Waals surface area (Å²) in [7, 11) is -3.73. The van der Waals surface area contributed by atoms with E-state index in [9.17, 15) is 13.2 Å². The Bertz CT molecular complexity index is 944. The lowest BCUT2D eigenvalue weighted by Crippen LogP contribution is -2.13. The number of anilines is 1. The van der Waals surface area contributed by atoms with E-state index in [4.69, 9.17) is 0 Å². The van der Waals surface area contributed by atoms with Gasteiger partial charge in [0.15, 0.2) is 5.78 Å². The third-order valence-corrected chi connectivity index (χ3v) is 4.67. The van der Waals surface area contributed by atoms with Crippen molar-refractivity contribution in [3.8, 4) is 0 Å². The van der Waals surface area contributed by atoms with Crippen LogP contribution in [0.4, 0.5) is 5.69 Å². The van der Waals surface area contributed by atoms with Crippen LogP contribution in [-0.2, 0) is 10.0 Å². The number of sulfonamides is 1. The average molecular weight is 315 g/mol.